The first-order valence-electron chi connectivity index (χ1n) is 8.16. The Labute approximate surface area is 147 Å². The molecular weight excluding hydrogens is 326 g/mol. The van der Waals surface area contributed by atoms with Gasteiger partial charge in [-0.1, -0.05) is 12.1 Å². The normalized spacial score (nSPS) is 20.4. The minimum absolute atomic E-state index is 0.190. The van der Waals surface area contributed by atoms with Crippen molar-refractivity contribution in [3.63, 3.8) is 0 Å². The summed E-state index contributed by atoms with van der Waals surface area (Å²) >= 11 is 0. The molecule has 1 aliphatic rings. The van der Waals surface area contributed by atoms with Gasteiger partial charge in [-0.2, -0.15) is 0 Å². The molecule has 2 atom stereocenters. The molecule has 1 amide bonds. The van der Waals surface area contributed by atoms with E-state index in [9.17, 15) is 14.7 Å². The molecule has 0 bridgehead atoms. The predicted molar refractivity (Wildman–Crippen MR) is 90.6 cm³/mol. The van der Waals surface area contributed by atoms with Gasteiger partial charge in [-0.3, -0.25) is 4.90 Å². The first-order valence-corrected chi connectivity index (χ1v) is 8.16. The second-order valence-corrected chi connectivity index (χ2v) is 7.01. The Bertz CT molecular complexity index is 624. The first-order chi connectivity index (χ1) is 11.7. The number of aliphatic carboxylic acids is 1. The quantitative estimate of drug-likeness (QED) is 0.878. The van der Waals surface area contributed by atoms with Crippen LogP contribution in [0.25, 0.3) is 0 Å². The topological polar surface area (TPSA) is 85.3 Å². The van der Waals surface area contributed by atoms with Crippen LogP contribution in [0, 0.1) is 0 Å². The number of hydrogen-bond acceptors (Lipinski definition) is 5. The van der Waals surface area contributed by atoms with E-state index in [1.54, 1.807) is 27.9 Å². The van der Waals surface area contributed by atoms with Gasteiger partial charge in [0.25, 0.3) is 0 Å². The van der Waals surface area contributed by atoms with Crippen LogP contribution in [0.4, 0.5) is 4.79 Å². The molecule has 1 aromatic carbocycles. The fourth-order valence-corrected chi connectivity index (χ4v) is 2.65. The summed E-state index contributed by atoms with van der Waals surface area (Å²) in [6.07, 6.45) is -0.759. The lowest BCUT2D eigenvalue weighted by atomic mass is 10.2. The third kappa shape index (κ3) is 5.35. The molecule has 7 nitrogen and oxygen atoms in total. The molecule has 1 heterocycles. The second-order valence-electron chi connectivity index (χ2n) is 7.01. The van der Waals surface area contributed by atoms with E-state index in [0.717, 1.165) is 11.3 Å². The van der Waals surface area contributed by atoms with Crippen LogP contribution in [-0.2, 0) is 20.9 Å². The lowest BCUT2D eigenvalue weighted by molar-refractivity contribution is -0.142. The van der Waals surface area contributed by atoms with E-state index in [0.29, 0.717) is 6.61 Å². The number of likely N-dealkylation sites (tertiary alicyclic amines) is 1. The number of methoxy groups -OCH3 is 1. The average molecular weight is 351 g/mol. The summed E-state index contributed by atoms with van der Waals surface area (Å²) in [4.78, 5) is 24.9. The standard InChI is InChI=1S/C18H25NO6/c1-18(2,3)25-17(22)19-10-14(9-15(19)16(20)21)24-11-12-6-5-7-13(8-12)23-4/h5-8,14-15H,9-11H2,1-4H3,(H,20,21)/t14-,15+/m1/s1. The molecule has 7 heteroatoms. The molecule has 1 N–H and O–H groups in total. The van der Waals surface area contributed by atoms with Gasteiger partial charge in [-0.05, 0) is 38.5 Å². The number of benzene rings is 1. The SMILES string of the molecule is COc1cccc(CO[C@@H]2C[C@@H](C(=O)O)N(C(=O)OC(C)(C)C)C2)c1. The van der Waals surface area contributed by atoms with Crippen LogP contribution in [-0.4, -0.2) is 53.5 Å². The highest BCUT2D eigenvalue weighted by Crippen LogP contribution is 2.24. The number of carbonyl (C=O) groups is 2. The number of ether oxygens (including phenoxy) is 3. The van der Waals surface area contributed by atoms with E-state index in [-0.39, 0.29) is 19.1 Å². The van der Waals surface area contributed by atoms with E-state index in [4.69, 9.17) is 14.2 Å². The number of rotatable bonds is 5. The van der Waals surface area contributed by atoms with Crippen LogP contribution < -0.4 is 4.74 Å². The third-order valence-corrected chi connectivity index (χ3v) is 3.80. The molecule has 1 fully saturated rings. The average Bonchev–Trinajstić information content (AvgIpc) is 2.96. The lowest BCUT2D eigenvalue weighted by Crippen LogP contribution is -2.43. The van der Waals surface area contributed by atoms with Crippen molar-refractivity contribution in [2.75, 3.05) is 13.7 Å². The fourth-order valence-electron chi connectivity index (χ4n) is 2.65. The number of carboxylic acids is 1. The molecule has 0 radical (unpaired) electrons. The minimum Gasteiger partial charge on any atom is -0.497 e. The van der Waals surface area contributed by atoms with Gasteiger partial charge in [0.05, 0.1) is 26.4 Å². The summed E-state index contributed by atoms with van der Waals surface area (Å²) < 4.78 is 16.3. The zero-order valence-electron chi connectivity index (χ0n) is 15.0. The molecule has 2 rings (SSSR count). The van der Waals surface area contributed by atoms with Crippen molar-refractivity contribution >= 4 is 12.1 Å². The van der Waals surface area contributed by atoms with Crippen LogP contribution in [0.15, 0.2) is 24.3 Å². The Balaban J connectivity index is 1.98. The Morgan fingerprint density at radius 1 is 1.32 bits per heavy atom. The maximum atomic E-state index is 12.2. The summed E-state index contributed by atoms with van der Waals surface area (Å²) in [6.45, 7) is 5.74. The highest BCUT2D eigenvalue weighted by molar-refractivity contribution is 5.81. The van der Waals surface area contributed by atoms with Crippen LogP contribution in [0.1, 0.15) is 32.8 Å². The monoisotopic (exact) mass is 351 g/mol. The second kappa shape index (κ2) is 7.74. The van der Waals surface area contributed by atoms with Gasteiger partial charge in [0.1, 0.15) is 17.4 Å². The van der Waals surface area contributed by atoms with Crippen molar-refractivity contribution in [2.45, 2.75) is 51.5 Å². The number of carboxylic acid groups (broad SMARTS) is 1. The summed E-state index contributed by atoms with van der Waals surface area (Å²) in [5.74, 6) is -0.329. The van der Waals surface area contributed by atoms with E-state index < -0.39 is 23.7 Å². The Morgan fingerprint density at radius 2 is 2.04 bits per heavy atom. The highest BCUT2D eigenvalue weighted by atomic mass is 16.6. The molecule has 0 spiro atoms. The molecule has 0 unspecified atom stereocenters. The molecule has 0 aromatic heterocycles. The van der Waals surface area contributed by atoms with Crippen molar-refractivity contribution in [3.05, 3.63) is 29.8 Å². The van der Waals surface area contributed by atoms with E-state index in [2.05, 4.69) is 0 Å². The van der Waals surface area contributed by atoms with Crippen molar-refractivity contribution in [2.24, 2.45) is 0 Å². The number of nitrogens with zero attached hydrogens (tertiary/aromatic N) is 1. The molecule has 25 heavy (non-hydrogen) atoms. The van der Waals surface area contributed by atoms with Gasteiger partial charge in [0.15, 0.2) is 0 Å². The van der Waals surface area contributed by atoms with Crippen molar-refractivity contribution < 1.29 is 28.9 Å². The van der Waals surface area contributed by atoms with Gasteiger partial charge < -0.3 is 19.3 Å². The molecule has 1 aromatic rings. The summed E-state index contributed by atoms with van der Waals surface area (Å²) in [5, 5.41) is 9.38. The number of carbonyl (C=O) groups excluding carboxylic acids is 1. The van der Waals surface area contributed by atoms with Crippen LogP contribution in [0.2, 0.25) is 0 Å². The van der Waals surface area contributed by atoms with Gasteiger partial charge in [0, 0.05) is 6.42 Å². The summed E-state index contributed by atoms with van der Waals surface area (Å²) in [7, 11) is 1.59. The maximum Gasteiger partial charge on any atom is 0.411 e. The Hall–Kier alpha value is -2.28. The van der Waals surface area contributed by atoms with Crippen LogP contribution in [0.5, 0.6) is 5.75 Å². The largest absolute Gasteiger partial charge is 0.497 e. The lowest BCUT2D eigenvalue weighted by Gasteiger charge is -2.26. The number of hydrogen-bond donors (Lipinski definition) is 1. The Kier molecular flexibility index (Phi) is 5.89. The van der Waals surface area contributed by atoms with E-state index in [1.807, 2.05) is 24.3 Å². The maximum absolute atomic E-state index is 12.2. The third-order valence-electron chi connectivity index (χ3n) is 3.80. The van der Waals surface area contributed by atoms with Gasteiger partial charge in [-0.25, -0.2) is 9.59 Å². The van der Waals surface area contributed by atoms with Crippen molar-refractivity contribution in [1.82, 2.24) is 4.90 Å². The number of amides is 1. The highest BCUT2D eigenvalue weighted by Gasteiger charge is 2.42. The molecular formula is C18H25NO6. The van der Waals surface area contributed by atoms with Crippen LogP contribution in [0.3, 0.4) is 0 Å². The van der Waals surface area contributed by atoms with Gasteiger partial charge >= 0.3 is 12.1 Å². The van der Waals surface area contributed by atoms with Crippen molar-refractivity contribution in [3.8, 4) is 5.75 Å². The van der Waals surface area contributed by atoms with E-state index in [1.165, 1.54) is 4.90 Å². The van der Waals surface area contributed by atoms with E-state index >= 15 is 0 Å². The summed E-state index contributed by atoms with van der Waals surface area (Å²) in [5.41, 5.74) is 0.238. The minimum atomic E-state index is -1.06. The molecule has 0 aliphatic carbocycles. The van der Waals surface area contributed by atoms with Crippen molar-refractivity contribution in [1.29, 1.82) is 0 Å². The Morgan fingerprint density at radius 3 is 2.64 bits per heavy atom. The summed E-state index contributed by atoms with van der Waals surface area (Å²) in [6, 6.07) is 6.51. The molecule has 1 aliphatic heterocycles. The molecule has 0 saturated carbocycles. The first kappa shape index (κ1) is 19.1. The molecule has 1 saturated heterocycles. The molecule has 138 valence electrons. The van der Waals surface area contributed by atoms with Gasteiger partial charge in [-0.15, -0.1) is 0 Å². The zero-order chi connectivity index (χ0) is 18.6. The fraction of sp³-hybridized carbons (Fsp3) is 0.556. The predicted octanol–water partition coefficient (Wildman–Crippen LogP) is 2.67. The zero-order valence-corrected chi connectivity index (χ0v) is 15.0. The smallest absolute Gasteiger partial charge is 0.411 e. The van der Waals surface area contributed by atoms with Gasteiger partial charge in [0.2, 0.25) is 0 Å². The van der Waals surface area contributed by atoms with Crippen LogP contribution >= 0.6 is 0 Å².